The monoisotopic (exact) mass is 227 g/mol. The minimum atomic E-state index is -3.23. The third-order valence-corrected chi connectivity index (χ3v) is 2.98. The number of nitrogens with zero attached hydrogens (tertiary/aromatic N) is 1. The van der Waals surface area contributed by atoms with Crippen LogP contribution in [0.3, 0.4) is 0 Å². The van der Waals surface area contributed by atoms with Crippen LogP contribution in [0, 0.1) is 0 Å². The number of hydrogen-bond donors (Lipinski definition) is 2. The molecule has 4 nitrogen and oxygen atoms in total. The van der Waals surface area contributed by atoms with Gasteiger partial charge >= 0.3 is 0 Å². The first kappa shape index (κ1) is 13.2. The third-order valence-electron chi connectivity index (χ3n) is 1.77. The van der Waals surface area contributed by atoms with Crippen LogP contribution in [0.25, 0.3) is 0 Å². The van der Waals surface area contributed by atoms with Gasteiger partial charge < -0.3 is 14.6 Å². The number of aliphatic hydroxyl groups is 1. The summed E-state index contributed by atoms with van der Waals surface area (Å²) in [5, 5.41) is 9.37. The topological polar surface area (TPSA) is 60.8 Å². The average Bonchev–Trinajstić information content (AvgIpc) is 1.96. The van der Waals surface area contributed by atoms with E-state index in [1.54, 1.807) is 0 Å². The molecule has 0 saturated carbocycles. The Morgan fingerprint density at radius 1 is 1.46 bits per heavy atom. The molecule has 0 fully saturated rings. The quantitative estimate of drug-likeness (QED) is 0.664. The van der Waals surface area contributed by atoms with Gasteiger partial charge in [-0.3, -0.25) is 0 Å². The van der Waals surface area contributed by atoms with Crippen LogP contribution in [-0.4, -0.2) is 50.3 Å². The van der Waals surface area contributed by atoms with E-state index in [2.05, 4.69) is 11.2 Å². The molecular weight excluding hydrogens is 210 g/mol. The van der Waals surface area contributed by atoms with Gasteiger partial charge in [0.2, 0.25) is 0 Å². The van der Waals surface area contributed by atoms with Crippen molar-refractivity contribution in [1.29, 1.82) is 0 Å². The molecule has 6 heteroatoms. The summed E-state index contributed by atoms with van der Waals surface area (Å²) in [6.07, 6.45) is -0.810. The van der Waals surface area contributed by atoms with Crippen LogP contribution in [0.15, 0.2) is 0 Å². The highest BCUT2D eigenvalue weighted by molar-refractivity contribution is 8.29. The average molecular weight is 227 g/mol. The van der Waals surface area contributed by atoms with Crippen LogP contribution in [0.4, 0.5) is 0 Å². The Labute approximate surface area is 84.4 Å². The predicted octanol–water partition coefficient (Wildman–Crippen LogP) is -0.0916. The lowest BCUT2D eigenvalue weighted by molar-refractivity contribution is 0.135. The van der Waals surface area contributed by atoms with Crippen molar-refractivity contribution in [3.63, 3.8) is 0 Å². The van der Waals surface area contributed by atoms with Crippen molar-refractivity contribution >= 4 is 20.0 Å². The lowest BCUT2D eigenvalue weighted by atomic mass is 10.3. The van der Waals surface area contributed by atoms with Gasteiger partial charge in [-0.2, -0.15) is 0 Å². The first-order valence-corrected chi connectivity index (χ1v) is 6.85. The highest BCUT2D eigenvalue weighted by Gasteiger charge is 2.13. The second-order valence-electron chi connectivity index (χ2n) is 2.89. The molecule has 0 bridgehead atoms. The SMILES string of the molecule is CCN(CC)CC(O)CS(=O)(O)=S. The lowest BCUT2D eigenvalue weighted by Crippen LogP contribution is -2.35. The maximum absolute atomic E-state index is 10.7. The highest BCUT2D eigenvalue weighted by Crippen LogP contribution is 1.96. The van der Waals surface area contributed by atoms with Gasteiger partial charge in [0.25, 0.3) is 0 Å². The first-order chi connectivity index (χ1) is 5.89. The Bertz CT molecular complexity index is 224. The summed E-state index contributed by atoms with van der Waals surface area (Å²) >= 11 is 4.29. The van der Waals surface area contributed by atoms with Crippen LogP contribution in [0.5, 0.6) is 0 Å². The Morgan fingerprint density at radius 3 is 2.23 bits per heavy atom. The van der Waals surface area contributed by atoms with Gasteiger partial charge in [0.1, 0.15) is 8.77 Å². The minimum Gasteiger partial charge on any atom is -0.391 e. The van der Waals surface area contributed by atoms with Crippen molar-refractivity contribution in [3.8, 4) is 0 Å². The summed E-state index contributed by atoms with van der Waals surface area (Å²) in [7, 11) is -3.23. The van der Waals surface area contributed by atoms with Crippen molar-refractivity contribution in [1.82, 2.24) is 4.90 Å². The molecule has 0 amide bonds. The van der Waals surface area contributed by atoms with Crippen molar-refractivity contribution in [2.45, 2.75) is 20.0 Å². The fourth-order valence-corrected chi connectivity index (χ4v) is 2.14. The van der Waals surface area contributed by atoms with E-state index in [1.165, 1.54) is 0 Å². The molecule has 0 spiro atoms. The summed E-state index contributed by atoms with van der Waals surface area (Å²) < 4.78 is 19.6. The fraction of sp³-hybridized carbons (Fsp3) is 1.00. The van der Waals surface area contributed by atoms with Crippen molar-refractivity contribution in [3.05, 3.63) is 0 Å². The standard InChI is InChI=1S/C7H17NO3S2/c1-3-8(4-2)5-7(9)6-13(10,11)12/h7,9H,3-6H2,1-2H3,(H,10,11,12). The Hall–Kier alpha value is 0.250. The van der Waals surface area contributed by atoms with Gasteiger partial charge in [0.05, 0.1) is 11.9 Å². The summed E-state index contributed by atoms with van der Waals surface area (Å²) in [6.45, 7) is 5.98. The van der Waals surface area contributed by atoms with Crippen molar-refractivity contribution in [2.24, 2.45) is 0 Å². The van der Waals surface area contributed by atoms with Gasteiger partial charge in [-0.1, -0.05) is 13.8 Å². The molecule has 0 aliphatic carbocycles. The molecule has 0 heterocycles. The predicted molar refractivity (Wildman–Crippen MR) is 56.8 cm³/mol. The lowest BCUT2D eigenvalue weighted by Gasteiger charge is -2.21. The van der Waals surface area contributed by atoms with E-state index in [-0.39, 0.29) is 5.75 Å². The van der Waals surface area contributed by atoms with E-state index < -0.39 is 14.9 Å². The van der Waals surface area contributed by atoms with E-state index in [4.69, 9.17) is 4.55 Å². The maximum atomic E-state index is 10.7. The molecule has 2 unspecified atom stereocenters. The molecule has 2 atom stereocenters. The molecule has 13 heavy (non-hydrogen) atoms. The molecule has 2 N–H and O–H groups in total. The van der Waals surface area contributed by atoms with Crippen LogP contribution in [0.1, 0.15) is 13.8 Å². The molecule has 0 saturated heterocycles. The largest absolute Gasteiger partial charge is 0.391 e. The van der Waals surface area contributed by atoms with Crippen LogP contribution in [-0.2, 0) is 20.0 Å². The number of aliphatic hydroxyl groups excluding tert-OH is 1. The van der Waals surface area contributed by atoms with Gasteiger partial charge in [-0.25, -0.2) is 4.21 Å². The molecule has 0 aliphatic rings. The van der Waals surface area contributed by atoms with Crippen LogP contribution in [0.2, 0.25) is 0 Å². The minimum absolute atomic E-state index is 0.223. The highest BCUT2D eigenvalue weighted by atomic mass is 32.8. The number of rotatable bonds is 6. The molecule has 0 radical (unpaired) electrons. The third kappa shape index (κ3) is 7.33. The van der Waals surface area contributed by atoms with Gasteiger partial charge in [0.15, 0.2) is 0 Å². The molecule has 0 aromatic heterocycles. The number of hydrogen-bond acceptors (Lipinski definition) is 4. The van der Waals surface area contributed by atoms with Gasteiger partial charge in [-0.05, 0) is 13.1 Å². The normalized spacial score (nSPS) is 18.5. The van der Waals surface area contributed by atoms with E-state index in [0.29, 0.717) is 6.54 Å². The van der Waals surface area contributed by atoms with Gasteiger partial charge in [-0.15, -0.1) is 0 Å². The van der Waals surface area contributed by atoms with Crippen LogP contribution >= 0.6 is 0 Å². The molecule has 0 aromatic carbocycles. The van der Waals surface area contributed by atoms with Gasteiger partial charge in [0, 0.05) is 17.7 Å². The first-order valence-electron chi connectivity index (χ1n) is 4.24. The second kappa shape index (κ2) is 5.87. The zero-order chi connectivity index (χ0) is 10.5. The Morgan fingerprint density at radius 2 is 1.92 bits per heavy atom. The molecule has 80 valence electrons. The molecule has 0 aliphatic heterocycles. The zero-order valence-corrected chi connectivity index (χ0v) is 9.61. The van der Waals surface area contributed by atoms with Crippen molar-refractivity contribution in [2.75, 3.05) is 25.4 Å². The smallest absolute Gasteiger partial charge is 0.144 e. The fourth-order valence-electron chi connectivity index (χ4n) is 1.08. The molecular formula is C7H17NO3S2. The van der Waals surface area contributed by atoms with E-state index in [1.807, 2.05) is 18.7 Å². The van der Waals surface area contributed by atoms with E-state index in [9.17, 15) is 9.32 Å². The summed E-state index contributed by atoms with van der Waals surface area (Å²) in [5.41, 5.74) is 0. The number of likely N-dealkylation sites (N-methyl/N-ethyl adjacent to an activating group) is 1. The zero-order valence-electron chi connectivity index (χ0n) is 7.97. The molecule has 0 rings (SSSR count). The van der Waals surface area contributed by atoms with Crippen LogP contribution < -0.4 is 0 Å². The Balaban J connectivity index is 3.93. The second-order valence-corrected chi connectivity index (χ2v) is 5.95. The summed E-state index contributed by atoms with van der Waals surface area (Å²) in [6, 6.07) is 0. The van der Waals surface area contributed by atoms with E-state index >= 15 is 0 Å². The molecule has 0 aromatic rings. The Kier molecular flexibility index (Phi) is 5.98. The summed E-state index contributed by atoms with van der Waals surface area (Å²) in [4.78, 5) is 1.98. The van der Waals surface area contributed by atoms with E-state index in [0.717, 1.165) is 13.1 Å². The maximum Gasteiger partial charge on any atom is 0.144 e. The summed E-state index contributed by atoms with van der Waals surface area (Å²) in [5.74, 6) is -0.223. The van der Waals surface area contributed by atoms with Crippen molar-refractivity contribution < 1.29 is 13.9 Å².